The quantitative estimate of drug-likeness (QED) is 0.756. The van der Waals surface area contributed by atoms with Crippen LogP contribution < -0.4 is 0 Å². The number of amides is 1. The number of carbonyl (C=O) groups is 1. The first kappa shape index (κ1) is 16.7. The van der Waals surface area contributed by atoms with Crippen molar-refractivity contribution >= 4 is 49.1 Å². The molecule has 2 aromatic rings. The summed E-state index contributed by atoms with van der Waals surface area (Å²) in [6.45, 7) is 2.44. The minimum atomic E-state index is -2.98. The third-order valence-corrected chi connectivity index (χ3v) is 7.82. The van der Waals surface area contributed by atoms with Crippen molar-refractivity contribution in [1.29, 1.82) is 0 Å². The largest absolute Gasteiger partial charge is 0.338 e. The van der Waals surface area contributed by atoms with Crippen molar-refractivity contribution in [2.45, 2.75) is 23.7 Å². The molecule has 1 fully saturated rings. The maximum Gasteiger partial charge on any atom is 0.233 e. The number of fused-ring (bicyclic) bond motifs is 1. The van der Waals surface area contributed by atoms with Gasteiger partial charge in [-0.1, -0.05) is 23.9 Å². The predicted molar refractivity (Wildman–Crippen MR) is 94.8 cm³/mol. The van der Waals surface area contributed by atoms with Gasteiger partial charge in [-0.3, -0.25) is 4.79 Å². The van der Waals surface area contributed by atoms with Gasteiger partial charge in [-0.25, -0.2) is 13.4 Å². The van der Waals surface area contributed by atoms with E-state index >= 15 is 0 Å². The lowest BCUT2D eigenvalue weighted by atomic mass is 10.2. The summed E-state index contributed by atoms with van der Waals surface area (Å²) in [6.07, 6.45) is 0.549. The van der Waals surface area contributed by atoms with Crippen LogP contribution >= 0.6 is 23.1 Å². The molecule has 124 valence electrons. The molecule has 0 N–H and O–H groups in total. The number of carbonyl (C=O) groups excluding carboxylic acids is 1. The molecular formula is C15H18N2O3S3. The van der Waals surface area contributed by atoms with E-state index in [1.807, 2.05) is 31.2 Å². The van der Waals surface area contributed by atoms with Crippen LogP contribution in [0, 0.1) is 0 Å². The first-order valence-corrected chi connectivity index (χ1v) is 11.1. The van der Waals surface area contributed by atoms with Crippen LogP contribution in [0.2, 0.25) is 0 Å². The van der Waals surface area contributed by atoms with Crippen molar-refractivity contribution in [3.63, 3.8) is 0 Å². The fraction of sp³-hybridized carbons (Fsp3) is 0.467. The van der Waals surface area contributed by atoms with Gasteiger partial charge in [0.25, 0.3) is 0 Å². The van der Waals surface area contributed by atoms with Gasteiger partial charge in [0.15, 0.2) is 14.2 Å². The van der Waals surface area contributed by atoms with Crippen LogP contribution in [0.25, 0.3) is 10.2 Å². The second-order valence-electron chi connectivity index (χ2n) is 5.47. The Labute approximate surface area is 144 Å². The normalized spacial score (nSPS) is 20.0. The molecule has 0 saturated carbocycles. The molecule has 0 radical (unpaired) electrons. The second kappa shape index (κ2) is 6.78. The second-order valence-corrected chi connectivity index (χ2v) is 9.95. The maximum absolute atomic E-state index is 12.4. The van der Waals surface area contributed by atoms with E-state index in [-0.39, 0.29) is 23.5 Å². The predicted octanol–water partition coefficient (Wildman–Crippen LogP) is 2.42. The number of thioether (sulfide) groups is 1. The van der Waals surface area contributed by atoms with Crippen LogP contribution in [0.1, 0.15) is 13.3 Å². The minimum absolute atomic E-state index is 0.0149. The van der Waals surface area contributed by atoms with Gasteiger partial charge < -0.3 is 4.90 Å². The maximum atomic E-state index is 12.4. The van der Waals surface area contributed by atoms with Gasteiger partial charge in [-0.15, -0.1) is 11.3 Å². The fourth-order valence-electron chi connectivity index (χ4n) is 2.78. The number of nitrogens with zero attached hydrogens (tertiary/aromatic N) is 2. The number of hydrogen-bond donors (Lipinski definition) is 0. The number of sulfone groups is 1. The first-order chi connectivity index (χ1) is 11.0. The van der Waals surface area contributed by atoms with E-state index in [0.29, 0.717) is 18.7 Å². The number of hydrogen-bond acceptors (Lipinski definition) is 6. The highest BCUT2D eigenvalue weighted by atomic mass is 32.2. The van der Waals surface area contributed by atoms with Crippen molar-refractivity contribution in [2.75, 3.05) is 23.8 Å². The zero-order chi connectivity index (χ0) is 16.4. The molecule has 0 bridgehead atoms. The third-order valence-electron chi connectivity index (χ3n) is 3.90. The Hall–Kier alpha value is -1.12. The smallest absolute Gasteiger partial charge is 0.233 e. The molecule has 0 aliphatic carbocycles. The van der Waals surface area contributed by atoms with E-state index in [1.165, 1.54) is 11.8 Å². The molecule has 1 aliphatic rings. The topological polar surface area (TPSA) is 67.3 Å². The molecule has 8 heteroatoms. The van der Waals surface area contributed by atoms with Gasteiger partial charge in [0.05, 0.1) is 27.5 Å². The van der Waals surface area contributed by atoms with Gasteiger partial charge in [0, 0.05) is 12.6 Å². The highest BCUT2D eigenvalue weighted by molar-refractivity contribution is 8.01. The summed E-state index contributed by atoms with van der Waals surface area (Å²) in [5.41, 5.74) is 0.946. The Morgan fingerprint density at radius 3 is 2.87 bits per heavy atom. The number of thiazole rings is 1. The lowest BCUT2D eigenvalue weighted by molar-refractivity contribution is -0.129. The average molecular weight is 371 g/mol. The van der Waals surface area contributed by atoms with Crippen molar-refractivity contribution in [3.8, 4) is 0 Å². The summed E-state index contributed by atoms with van der Waals surface area (Å²) in [5.74, 6) is 0.563. The molecule has 1 saturated heterocycles. The molecule has 1 atom stereocenters. The van der Waals surface area contributed by atoms with Crippen LogP contribution in [0.5, 0.6) is 0 Å². The van der Waals surface area contributed by atoms with Gasteiger partial charge in [-0.05, 0) is 25.5 Å². The van der Waals surface area contributed by atoms with Crippen LogP contribution in [-0.2, 0) is 14.6 Å². The third kappa shape index (κ3) is 3.87. The lowest BCUT2D eigenvalue weighted by Crippen LogP contribution is -2.41. The summed E-state index contributed by atoms with van der Waals surface area (Å²) in [7, 11) is -2.98. The Morgan fingerprint density at radius 1 is 1.43 bits per heavy atom. The van der Waals surface area contributed by atoms with Crippen LogP contribution in [0.15, 0.2) is 28.6 Å². The lowest BCUT2D eigenvalue weighted by Gasteiger charge is -2.26. The summed E-state index contributed by atoms with van der Waals surface area (Å²) in [6, 6.07) is 7.72. The van der Waals surface area contributed by atoms with Crippen LogP contribution in [0.4, 0.5) is 0 Å². The molecule has 2 heterocycles. The molecular weight excluding hydrogens is 352 g/mol. The minimum Gasteiger partial charge on any atom is -0.338 e. The zero-order valence-electron chi connectivity index (χ0n) is 12.8. The fourth-order valence-corrected chi connectivity index (χ4v) is 6.46. The first-order valence-electron chi connectivity index (χ1n) is 7.47. The van der Waals surface area contributed by atoms with Gasteiger partial charge in [0.2, 0.25) is 5.91 Å². The standard InChI is InChI=1S/C15H18N2O3S3/c1-2-17(11-7-8-23(19,20)10-11)14(18)9-21-15-16-12-5-3-4-6-13(12)22-15/h3-6,11H,2,7-10H2,1H3. The van der Waals surface area contributed by atoms with Gasteiger partial charge in [-0.2, -0.15) is 0 Å². The number of para-hydroxylation sites is 1. The van der Waals surface area contributed by atoms with Crippen LogP contribution in [0.3, 0.4) is 0 Å². The van der Waals surface area contributed by atoms with Crippen molar-refractivity contribution in [1.82, 2.24) is 9.88 Å². The molecule has 1 aromatic heterocycles. The van der Waals surface area contributed by atoms with E-state index in [2.05, 4.69) is 4.98 Å². The molecule has 5 nitrogen and oxygen atoms in total. The zero-order valence-corrected chi connectivity index (χ0v) is 15.2. The van der Waals surface area contributed by atoms with E-state index in [4.69, 9.17) is 0 Å². The molecule has 1 unspecified atom stereocenters. The van der Waals surface area contributed by atoms with Crippen LogP contribution in [-0.4, -0.2) is 54.1 Å². The molecule has 1 amide bonds. The van der Waals surface area contributed by atoms with E-state index in [0.717, 1.165) is 14.6 Å². The molecule has 1 aliphatic heterocycles. The van der Waals surface area contributed by atoms with Gasteiger partial charge >= 0.3 is 0 Å². The summed E-state index contributed by atoms with van der Waals surface area (Å²) >= 11 is 3.00. The Bertz CT molecular complexity index is 783. The Balaban J connectivity index is 1.63. The van der Waals surface area contributed by atoms with Crippen molar-refractivity contribution < 1.29 is 13.2 Å². The number of rotatable bonds is 5. The molecule has 23 heavy (non-hydrogen) atoms. The number of aromatic nitrogens is 1. The Kier molecular flexibility index (Phi) is 4.93. The molecule has 1 aromatic carbocycles. The van der Waals surface area contributed by atoms with E-state index in [9.17, 15) is 13.2 Å². The van der Waals surface area contributed by atoms with Crippen molar-refractivity contribution in [2.24, 2.45) is 0 Å². The monoisotopic (exact) mass is 370 g/mol. The van der Waals surface area contributed by atoms with Crippen molar-refractivity contribution in [3.05, 3.63) is 24.3 Å². The van der Waals surface area contributed by atoms with Gasteiger partial charge in [0.1, 0.15) is 0 Å². The average Bonchev–Trinajstić information content (AvgIpc) is 3.08. The highest BCUT2D eigenvalue weighted by Gasteiger charge is 2.33. The van der Waals surface area contributed by atoms with E-state index in [1.54, 1.807) is 16.2 Å². The highest BCUT2D eigenvalue weighted by Crippen LogP contribution is 2.29. The Morgan fingerprint density at radius 2 is 2.22 bits per heavy atom. The summed E-state index contributed by atoms with van der Waals surface area (Å²) in [5, 5.41) is 0. The van der Waals surface area contributed by atoms with E-state index < -0.39 is 9.84 Å². The molecule has 3 rings (SSSR count). The summed E-state index contributed by atoms with van der Waals surface area (Å²) < 4.78 is 25.2. The molecule has 0 spiro atoms. The SMILES string of the molecule is CCN(C(=O)CSc1nc2ccccc2s1)C1CCS(=O)(=O)C1. The number of benzene rings is 1. The summed E-state index contributed by atoms with van der Waals surface area (Å²) in [4.78, 5) is 18.7.